The predicted molar refractivity (Wildman–Crippen MR) is 118 cm³/mol. The number of para-hydroxylation sites is 2. The molecule has 162 valence electrons. The van der Waals surface area contributed by atoms with Gasteiger partial charge in [0.15, 0.2) is 0 Å². The molecule has 7 nitrogen and oxygen atoms in total. The van der Waals surface area contributed by atoms with Crippen LogP contribution in [0.2, 0.25) is 0 Å². The molecule has 30 heavy (non-hydrogen) atoms. The quantitative estimate of drug-likeness (QED) is 0.638. The minimum atomic E-state index is -0.117. The molecule has 1 heterocycles. The molecule has 1 amide bonds. The zero-order valence-corrected chi connectivity index (χ0v) is 18.0. The third-order valence-electron chi connectivity index (χ3n) is 5.35. The van der Waals surface area contributed by atoms with Crippen LogP contribution in [-0.4, -0.2) is 71.4 Å². The third kappa shape index (κ3) is 5.57. The van der Waals surface area contributed by atoms with Gasteiger partial charge in [-0.3, -0.25) is 9.69 Å². The lowest BCUT2D eigenvalue weighted by molar-refractivity contribution is 0.0950. The molecule has 0 spiro atoms. The first-order valence-electron chi connectivity index (χ1n) is 10.3. The Kier molecular flexibility index (Phi) is 7.79. The topological polar surface area (TPSA) is 63.3 Å². The summed E-state index contributed by atoms with van der Waals surface area (Å²) in [6.07, 6.45) is 0.904. The molecule has 3 rings (SSSR count). The number of amides is 1. The van der Waals surface area contributed by atoms with E-state index < -0.39 is 0 Å². The summed E-state index contributed by atoms with van der Waals surface area (Å²) in [5.74, 6) is 2.01. The highest BCUT2D eigenvalue weighted by Gasteiger charge is 2.19. The number of nitrogens with zero attached hydrogens (tertiary/aromatic N) is 2. The predicted octanol–water partition coefficient (Wildman–Crippen LogP) is 2.65. The number of hydrogen-bond acceptors (Lipinski definition) is 6. The fraction of sp³-hybridized carbons (Fsp3) is 0.435. The number of carbonyl (C=O) groups excluding carboxylic acids is 1. The van der Waals surface area contributed by atoms with E-state index in [1.165, 1.54) is 0 Å². The first-order chi connectivity index (χ1) is 14.6. The highest BCUT2D eigenvalue weighted by atomic mass is 16.5. The number of rotatable bonds is 9. The summed E-state index contributed by atoms with van der Waals surface area (Å²) in [5.41, 5.74) is 1.69. The van der Waals surface area contributed by atoms with Crippen LogP contribution in [0.4, 0.5) is 5.69 Å². The lowest BCUT2D eigenvalue weighted by atomic mass is 10.2. The first-order valence-corrected chi connectivity index (χ1v) is 10.3. The molecular formula is C23H31N3O4. The van der Waals surface area contributed by atoms with Crippen molar-refractivity contribution in [3.05, 3.63) is 48.0 Å². The van der Waals surface area contributed by atoms with Crippen molar-refractivity contribution in [1.29, 1.82) is 0 Å². The Hall–Kier alpha value is -2.93. The van der Waals surface area contributed by atoms with Gasteiger partial charge in [-0.2, -0.15) is 0 Å². The Morgan fingerprint density at radius 1 is 0.933 bits per heavy atom. The van der Waals surface area contributed by atoms with Crippen molar-refractivity contribution < 1.29 is 19.0 Å². The first kappa shape index (κ1) is 21.8. The number of carbonyl (C=O) groups is 1. The van der Waals surface area contributed by atoms with E-state index in [-0.39, 0.29) is 5.91 Å². The maximum atomic E-state index is 12.4. The van der Waals surface area contributed by atoms with Crippen LogP contribution in [0.1, 0.15) is 16.8 Å². The van der Waals surface area contributed by atoms with Gasteiger partial charge in [0.05, 0.1) is 27.0 Å². The summed E-state index contributed by atoms with van der Waals surface area (Å²) < 4.78 is 15.9. The molecule has 1 aliphatic rings. The Morgan fingerprint density at radius 3 is 2.23 bits per heavy atom. The summed E-state index contributed by atoms with van der Waals surface area (Å²) in [6.45, 7) is 5.53. The van der Waals surface area contributed by atoms with Gasteiger partial charge in [-0.15, -0.1) is 0 Å². The Bertz CT molecular complexity index is 813. The third-order valence-corrected chi connectivity index (χ3v) is 5.35. The number of anilines is 1. The molecule has 0 aromatic heterocycles. The van der Waals surface area contributed by atoms with Gasteiger partial charge in [0.2, 0.25) is 0 Å². The SMILES string of the molecule is COc1cc(OC)cc(C(=O)NCCCN2CCN(c3ccccc3OC)CC2)c1. The molecule has 1 aliphatic heterocycles. The number of methoxy groups -OCH3 is 3. The van der Waals surface area contributed by atoms with Gasteiger partial charge in [-0.05, 0) is 37.2 Å². The molecular weight excluding hydrogens is 382 g/mol. The smallest absolute Gasteiger partial charge is 0.251 e. The highest BCUT2D eigenvalue weighted by Crippen LogP contribution is 2.28. The molecule has 2 aromatic rings. The van der Waals surface area contributed by atoms with Gasteiger partial charge in [0.25, 0.3) is 5.91 Å². The van der Waals surface area contributed by atoms with Crippen LogP contribution in [0.5, 0.6) is 17.2 Å². The van der Waals surface area contributed by atoms with Gasteiger partial charge in [0.1, 0.15) is 17.2 Å². The van der Waals surface area contributed by atoms with Gasteiger partial charge >= 0.3 is 0 Å². The molecule has 0 aliphatic carbocycles. The van der Waals surface area contributed by atoms with E-state index in [4.69, 9.17) is 14.2 Å². The molecule has 1 saturated heterocycles. The molecule has 2 aromatic carbocycles. The molecule has 7 heteroatoms. The molecule has 1 fully saturated rings. The zero-order chi connectivity index (χ0) is 21.3. The fourth-order valence-corrected chi connectivity index (χ4v) is 3.65. The average molecular weight is 414 g/mol. The number of nitrogens with one attached hydrogen (secondary N) is 1. The zero-order valence-electron chi connectivity index (χ0n) is 18.0. The Balaban J connectivity index is 1.41. The van der Waals surface area contributed by atoms with E-state index in [1.807, 2.05) is 18.2 Å². The molecule has 0 bridgehead atoms. The van der Waals surface area contributed by atoms with E-state index in [9.17, 15) is 4.79 Å². The summed E-state index contributed by atoms with van der Waals surface area (Å²) in [7, 11) is 4.86. The van der Waals surface area contributed by atoms with Crippen LogP contribution < -0.4 is 24.4 Å². The van der Waals surface area contributed by atoms with Crippen LogP contribution in [0.25, 0.3) is 0 Å². The standard InChI is InChI=1S/C23H31N3O4/c1-28-19-15-18(16-20(17-19)29-2)23(27)24-9-6-10-25-11-13-26(14-12-25)21-7-4-5-8-22(21)30-3/h4-5,7-8,15-17H,6,9-14H2,1-3H3,(H,24,27). The minimum absolute atomic E-state index is 0.117. The van der Waals surface area contributed by atoms with Crippen LogP contribution in [0, 0.1) is 0 Å². The van der Waals surface area contributed by atoms with Crippen LogP contribution in [-0.2, 0) is 0 Å². The summed E-state index contributed by atoms with van der Waals surface area (Å²) >= 11 is 0. The van der Waals surface area contributed by atoms with Crippen molar-refractivity contribution in [2.24, 2.45) is 0 Å². The Morgan fingerprint density at radius 2 is 1.60 bits per heavy atom. The number of piperazine rings is 1. The number of hydrogen-bond donors (Lipinski definition) is 1. The maximum Gasteiger partial charge on any atom is 0.251 e. The maximum absolute atomic E-state index is 12.4. The van der Waals surface area contributed by atoms with Crippen LogP contribution in [0.15, 0.2) is 42.5 Å². The van der Waals surface area contributed by atoms with E-state index in [0.29, 0.717) is 23.6 Å². The van der Waals surface area contributed by atoms with Gasteiger partial charge < -0.3 is 24.4 Å². The lowest BCUT2D eigenvalue weighted by Gasteiger charge is -2.36. The van der Waals surface area contributed by atoms with Crippen LogP contribution >= 0.6 is 0 Å². The number of benzene rings is 2. The minimum Gasteiger partial charge on any atom is -0.497 e. The van der Waals surface area contributed by atoms with E-state index >= 15 is 0 Å². The summed E-state index contributed by atoms with van der Waals surface area (Å²) in [4.78, 5) is 17.2. The second kappa shape index (κ2) is 10.7. The van der Waals surface area contributed by atoms with Gasteiger partial charge in [0, 0.05) is 44.4 Å². The average Bonchev–Trinajstić information content (AvgIpc) is 2.81. The molecule has 1 N–H and O–H groups in total. The molecule has 0 atom stereocenters. The largest absolute Gasteiger partial charge is 0.497 e. The van der Waals surface area contributed by atoms with Gasteiger partial charge in [-0.1, -0.05) is 12.1 Å². The van der Waals surface area contributed by atoms with Crippen molar-refractivity contribution in [3.63, 3.8) is 0 Å². The molecule has 0 unspecified atom stereocenters. The highest BCUT2D eigenvalue weighted by molar-refractivity contribution is 5.95. The van der Waals surface area contributed by atoms with Crippen molar-refractivity contribution in [3.8, 4) is 17.2 Å². The van der Waals surface area contributed by atoms with Crippen molar-refractivity contribution in [2.75, 3.05) is 65.5 Å². The summed E-state index contributed by atoms with van der Waals surface area (Å²) in [6, 6.07) is 13.3. The second-order valence-corrected chi connectivity index (χ2v) is 7.21. The molecule has 0 saturated carbocycles. The van der Waals surface area contributed by atoms with E-state index in [1.54, 1.807) is 39.5 Å². The van der Waals surface area contributed by atoms with Gasteiger partial charge in [-0.25, -0.2) is 0 Å². The fourth-order valence-electron chi connectivity index (χ4n) is 3.65. The Labute approximate surface area is 178 Å². The second-order valence-electron chi connectivity index (χ2n) is 7.21. The van der Waals surface area contributed by atoms with E-state index in [2.05, 4.69) is 21.2 Å². The number of ether oxygens (including phenoxy) is 3. The van der Waals surface area contributed by atoms with E-state index in [0.717, 1.165) is 50.6 Å². The normalized spacial score (nSPS) is 14.3. The summed E-state index contributed by atoms with van der Waals surface area (Å²) in [5, 5.41) is 2.99. The lowest BCUT2D eigenvalue weighted by Crippen LogP contribution is -2.47. The van der Waals surface area contributed by atoms with Crippen molar-refractivity contribution >= 4 is 11.6 Å². The molecule has 0 radical (unpaired) electrons. The monoisotopic (exact) mass is 413 g/mol. The van der Waals surface area contributed by atoms with Crippen LogP contribution in [0.3, 0.4) is 0 Å². The van der Waals surface area contributed by atoms with Crippen molar-refractivity contribution in [2.45, 2.75) is 6.42 Å². The van der Waals surface area contributed by atoms with Crippen molar-refractivity contribution in [1.82, 2.24) is 10.2 Å².